The first kappa shape index (κ1) is 13.8. The lowest BCUT2D eigenvalue weighted by molar-refractivity contribution is -0.142. The SMILES string of the molecule is O=C(O)C1CNCCN1C(=O)c1ccc(Cl)cc1F. The van der Waals surface area contributed by atoms with E-state index in [4.69, 9.17) is 16.7 Å². The third-order valence-electron chi connectivity index (χ3n) is 2.95. The average molecular weight is 287 g/mol. The van der Waals surface area contributed by atoms with Crippen LogP contribution in [0, 0.1) is 5.82 Å². The van der Waals surface area contributed by atoms with E-state index in [-0.39, 0.29) is 23.7 Å². The molecule has 1 saturated heterocycles. The first-order valence-corrected chi connectivity index (χ1v) is 6.08. The van der Waals surface area contributed by atoms with Gasteiger partial charge >= 0.3 is 5.97 Å². The Kier molecular flexibility index (Phi) is 4.01. The molecule has 5 nitrogen and oxygen atoms in total. The van der Waals surface area contributed by atoms with Crippen molar-refractivity contribution in [3.05, 3.63) is 34.6 Å². The van der Waals surface area contributed by atoms with Crippen LogP contribution in [0.15, 0.2) is 18.2 Å². The van der Waals surface area contributed by atoms with Crippen LogP contribution in [0.5, 0.6) is 0 Å². The monoisotopic (exact) mass is 286 g/mol. The van der Waals surface area contributed by atoms with Crippen LogP contribution in [-0.2, 0) is 4.79 Å². The third-order valence-corrected chi connectivity index (χ3v) is 3.19. The van der Waals surface area contributed by atoms with Gasteiger partial charge in [-0.3, -0.25) is 4.79 Å². The quantitative estimate of drug-likeness (QED) is 0.850. The summed E-state index contributed by atoms with van der Waals surface area (Å²) in [7, 11) is 0. The zero-order valence-corrected chi connectivity index (χ0v) is 10.7. The van der Waals surface area contributed by atoms with Gasteiger partial charge in [0.15, 0.2) is 0 Å². The molecule has 1 atom stereocenters. The topological polar surface area (TPSA) is 69.6 Å². The van der Waals surface area contributed by atoms with Crippen molar-refractivity contribution in [3.63, 3.8) is 0 Å². The number of piperazine rings is 1. The molecule has 0 saturated carbocycles. The summed E-state index contributed by atoms with van der Waals surface area (Å²) >= 11 is 5.62. The molecule has 7 heteroatoms. The molecular formula is C12H12ClFN2O3. The van der Waals surface area contributed by atoms with E-state index in [1.54, 1.807) is 0 Å². The number of nitrogens with zero attached hydrogens (tertiary/aromatic N) is 1. The summed E-state index contributed by atoms with van der Waals surface area (Å²) in [6, 6.07) is 2.71. The summed E-state index contributed by atoms with van der Waals surface area (Å²) in [6.45, 7) is 0.846. The molecule has 102 valence electrons. The van der Waals surface area contributed by atoms with Gasteiger partial charge in [0.2, 0.25) is 0 Å². The van der Waals surface area contributed by atoms with Gasteiger partial charge in [-0.25, -0.2) is 9.18 Å². The molecule has 1 amide bonds. The fourth-order valence-electron chi connectivity index (χ4n) is 1.99. The number of aliphatic carboxylic acids is 1. The molecule has 1 aromatic carbocycles. The molecule has 1 heterocycles. The lowest BCUT2D eigenvalue weighted by Crippen LogP contribution is -2.57. The van der Waals surface area contributed by atoms with E-state index in [9.17, 15) is 14.0 Å². The fourth-order valence-corrected chi connectivity index (χ4v) is 2.14. The maximum absolute atomic E-state index is 13.7. The highest BCUT2D eigenvalue weighted by atomic mass is 35.5. The first-order valence-electron chi connectivity index (χ1n) is 5.70. The second-order valence-corrected chi connectivity index (χ2v) is 4.62. The molecule has 0 bridgehead atoms. The van der Waals surface area contributed by atoms with Crippen LogP contribution in [0.25, 0.3) is 0 Å². The molecular weight excluding hydrogens is 275 g/mol. The van der Waals surface area contributed by atoms with Gasteiger partial charge in [-0.05, 0) is 18.2 Å². The number of amides is 1. The van der Waals surface area contributed by atoms with E-state index in [0.29, 0.717) is 6.54 Å². The number of carbonyl (C=O) groups is 2. The molecule has 2 N–H and O–H groups in total. The average Bonchev–Trinajstić information content (AvgIpc) is 2.38. The second kappa shape index (κ2) is 5.54. The van der Waals surface area contributed by atoms with Gasteiger partial charge in [0.05, 0.1) is 5.56 Å². The normalized spacial score (nSPS) is 19.3. The number of nitrogens with one attached hydrogen (secondary N) is 1. The first-order chi connectivity index (χ1) is 9.00. The van der Waals surface area contributed by atoms with Crippen LogP contribution < -0.4 is 5.32 Å². The second-order valence-electron chi connectivity index (χ2n) is 4.18. The number of carbonyl (C=O) groups excluding carboxylic acids is 1. The van der Waals surface area contributed by atoms with Crippen LogP contribution in [0.2, 0.25) is 5.02 Å². The predicted octanol–water partition coefficient (Wildman–Crippen LogP) is 0.978. The smallest absolute Gasteiger partial charge is 0.327 e. The lowest BCUT2D eigenvalue weighted by atomic mass is 10.1. The molecule has 19 heavy (non-hydrogen) atoms. The number of benzene rings is 1. The fraction of sp³-hybridized carbons (Fsp3) is 0.333. The molecule has 1 fully saturated rings. The molecule has 2 rings (SSSR count). The Morgan fingerprint density at radius 1 is 1.47 bits per heavy atom. The van der Waals surface area contributed by atoms with Crippen molar-refractivity contribution in [2.45, 2.75) is 6.04 Å². The van der Waals surface area contributed by atoms with Crippen LogP contribution in [0.4, 0.5) is 4.39 Å². The summed E-state index contributed by atoms with van der Waals surface area (Å²) < 4.78 is 13.7. The van der Waals surface area contributed by atoms with Gasteiger partial charge in [-0.1, -0.05) is 11.6 Å². The molecule has 0 aliphatic carbocycles. The molecule has 1 aliphatic heterocycles. The lowest BCUT2D eigenvalue weighted by Gasteiger charge is -2.33. The van der Waals surface area contributed by atoms with Gasteiger partial charge in [0.1, 0.15) is 11.9 Å². The Morgan fingerprint density at radius 3 is 2.84 bits per heavy atom. The van der Waals surface area contributed by atoms with Gasteiger partial charge in [-0.2, -0.15) is 0 Å². The summed E-state index contributed by atoms with van der Waals surface area (Å²) in [6.07, 6.45) is 0. The number of hydrogen-bond acceptors (Lipinski definition) is 3. The molecule has 0 radical (unpaired) electrons. The highest BCUT2D eigenvalue weighted by Gasteiger charge is 2.33. The Hall–Kier alpha value is -1.66. The number of hydrogen-bond donors (Lipinski definition) is 2. The van der Waals surface area contributed by atoms with Crippen molar-refractivity contribution < 1.29 is 19.1 Å². The number of carboxylic acid groups (broad SMARTS) is 1. The van der Waals surface area contributed by atoms with Gasteiger partial charge in [-0.15, -0.1) is 0 Å². The molecule has 0 spiro atoms. The van der Waals surface area contributed by atoms with E-state index >= 15 is 0 Å². The van der Waals surface area contributed by atoms with Crippen molar-refractivity contribution in [1.29, 1.82) is 0 Å². The van der Waals surface area contributed by atoms with E-state index in [1.165, 1.54) is 12.1 Å². The van der Waals surface area contributed by atoms with Crippen molar-refractivity contribution in [2.75, 3.05) is 19.6 Å². The van der Waals surface area contributed by atoms with Crippen LogP contribution >= 0.6 is 11.6 Å². The van der Waals surface area contributed by atoms with E-state index in [2.05, 4.69) is 5.32 Å². The van der Waals surface area contributed by atoms with Crippen molar-refractivity contribution >= 4 is 23.5 Å². The van der Waals surface area contributed by atoms with Crippen LogP contribution in [0.3, 0.4) is 0 Å². The molecule has 1 aromatic rings. The van der Waals surface area contributed by atoms with E-state index in [1.807, 2.05) is 0 Å². The van der Waals surface area contributed by atoms with Gasteiger partial charge < -0.3 is 15.3 Å². The molecule has 0 aromatic heterocycles. The van der Waals surface area contributed by atoms with Crippen LogP contribution in [0.1, 0.15) is 10.4 Å². The third kappa shape index (κ3) is 2.85. The zero-order chi connectivity index (χ0) is 14.0. The minimum absolute atomic E-state index is 0.149. The van der Waals surface area contributed by atoms with Crippen molar-refractivity contribution in [2.24, 2.45) is 0 Å². The minimum Gasteiger partial charge on any atom is -0.480 e. The maximum Gasteiger partial charge on any atom is 0.327 e. The summed E-state index contributed by atoms with van der Waals surface area (Å²) in [5.74, 6) is -2.50. The molecule has 1 aliphatic rings. The number of rotatable bonds is 2. The maximum atomic E-state index is 13.7. The van der Waals surface area contributed by atoms with Crippen molar-refractivity contribution in [1.82, 2.24) is 10.2 Å². The summed E-state index contributed by atoms with van der Waals surface area (Å²) in [4.78, 5) is 24.4. The van der Waals surface area contributed by atoms with Crippen LogP contribution in [-0.4, -0.2) is 47.6 Å². The Labute approximate surface area is 114 Å². The number of halogens is 2. The standard InChI is InChI=1S/C12H12ClFN2O3/c13-7-1-2-8(9(14)5-7)11(17)16-4-3-15-6-10(16)12(18)19/h1-2,5,10,15H,3-4,6H2,(H,18,19). The Morgan fingerprint density at radius 2 is 2.21 bits per heavy atom. The highest BCUT2D eigenvalue weighted by Crippen LogP contribution is 2.18. The van der Waals surface area contributed by atoms with Crippen molar-refractivity contribution in [3.8, 4) is 0 Å². The van der Waals surface area contributed by atoms with E-state index in [0.717, 1.165) is 11.0 Å². The Balaban J connectivity index is 2.28. The number of carboxylic acids is 1. The summed E-state index contributed by atoms with van der Waals surface area (Å²) in [5.41, 5.74) is -0.169. The Bertz CT molecular complexity index is 524. The van der Waals surface area contributed by atoms with Gasteiger partial charge in [0.25, 0.3) is 5.91 Å². The largest absolute Gasteiger partial charge is 0.480 e. The minimum atomic E-state index is -1.12. The highest BCUT2D eigenvalue weighted by molar-refractivity contribution is 6.30. The predicted molar refractivity (Wildman–Crippen MR) is 66.7 cm³/mol. The summed E-state index contributed by atoms with van der Waals surface area (Å²) in [5, 5.41) is 12.1. The van der Waals surface area contributed by atoms with Gasteiger partial charge in [0, 0.05) is 24.7 Å². The van der Waals surface area contributed by atoms with E-state index < -0.39 is 23.7 Å². The zero-order valence-electron chi connectivity index (χ0n) is 9.90. The molecule has 1 unspecified atom stereocenters.